The molecule has 1 aromatic carbocycles. The minimum atomic E-state index is -4.44. The summed E-state index contributed by atoms with van der Waals surface area (Å²) in [7, 11) is 0. The normalized spacial score (nSPS) is 23.6. The van der Waals surface area contributed by atoms with Crippen LogP contribution in [0.1, 0.15) is 44.6 Å². The Morgan fingerprint density at radius 2 is 1.91 bits per heavy atom. The monoisotopic (exact) mass is 394 g/mol. The molecule has 0 saturated heterocycles. The number of halogens is 4. The molecule has 1 unspecified atom stereocenters. The zero-order valence-electron chi connectivity index (χ0n) is 13.1. The van der Waals surface area contributed by atoms with Gasteiger partial charge in [-0.3, -0.25) is 0 Å². The highest BCUT2D eigenvalue weighted by Gasteiger charge is 2.37. The van der Waals surface area contributed by atoms with Crippen molar-refractivity contribution in [1.82, 2.24) is 0 Å². The third-order valence-corrected chi connectivity index (χ3v) is 5.05. The van der Waals surface area contributed by atoms with E-state index in [2.05, 4.69) is 15.9 Å². The Kier molecular flexibility index (Phi) is 6.37. The maximum atomic E-state index is 13.2. The first-order valence-corrected chi connectivity index (χ1v) is 8.73. The number of alkyl halides is 3. The Bertz CT molecular complexity index is 511. The number of aliphatic hydroxyl groups is 1. The molecule has 0 radical (unpaired) electrons. The molecule has 1 aromatic rings. The van der Waals surface area contributed by atoms with Gasteiger partial charge in [-0.1, -0.05) is 28.9 Å². The van der Waals surface area contributed by atoms with E-state index in [9.17, 15) is 13.2 Å². The van der Waals surface area contributed by atoms with Gasteiger partial charge in [0, 0.05) is 11.1 Å². The molecule has 2 nitrogen and oxygen atoms in total. The predicted octanol–water partition coefficient (Wildman–Crippen LogP) is 5.42. The number of ether oxygens (including phenoxy) is 1. The second kappa shape index (κ2) is 7.88. The van der Waals surface area contributed by atoms with Gasteiger partial charge < -0.3 is 9.84 Å². The van der Waals surface area contributed by atoms with Crippen molar-refractivity contribution in [2.45, 2.75) is 51.3 Å². The van der Waals surface area contributed by atoms with Crippen molar-refractivity contribution in [2.24, 2.45) is 11.8 Å². The highest BCUT2D eigenvalue weighted by molar-refractivity contribution is 9.10. The molecule has 1 atom stereocenters. The number of aliphatic hydroxyl groups excluding tert-OH is 1. The maximum Gasteiger partial charge on any atom is 0.421 e. The molecule has 0 heterocycles. The van der Waals surface area contributed by atoms with E-state index in [-0.39, 0.29) is 28.9 Å². The van der Waals surface area contributed by atoms with Crippen molar-refractivity contribution in [2.75, 3.05) is 6.61 Å². The van der Waals surface area contributed by atoms with Crippen molar-refractivity contribution in [3.63, 3.8) is 0 Å². The van der Waals surface area contributed by atoms with Crippen LogP contribution in [-0.4, -0.2) is 17.8 Å². The van der Waals surface area contributed by atoms with E-state index in [4.69, 9.17) is 9.84 Å². The summed E-state index contributed by atoms with van der Waals surface area (Å²) in [6, 6.07) is 4.32. The molecule has 0 aliphatic heterocycles. The molecule has 6 heteroatoms. The van der Waals surface area contributed by atoms with Crippen LogP contribution in [0.25, 0.3) is 0 Å². The SMILES string of the molecule is CC(CO)CC1CCC(Oc2cccc(Br)c2C(F)(F)F)CC1. The zero-order chi connectivity index (χ0) is 17.0. The van der Waals surface area contributed by atoms with E-state index in [0.717, 1.165) is 32.1 Å². The average Bonchev–Trinajstić information content (AvgIpc) is 2.48. The van der Waals surface area contributed by atoms with Crippen molar-refractivity contribution < 1.29 is 23.0 Å². The lowest BCUT2D eigenvalue weighted by Gasteiger charge is -2.31. The maximum absolute atomic E-state index is 13.2. The Morgan fingerprint density at radius 3 is 2.48 bits per heavy atom. The van der Waals surface area contributed by atoms with Crippen LogP contribution in [0, 0.1) is 11.8 Å². The van der Waals surface area contributed by atoms with Gasteiger partial charge in [-0.15, -0.1) is 0 Å². The highest BCUT2D eigenvalue weighted by atomic mass is 79.9. The fourth-order valence-corrected chi connectivity index (χ4v) is 3.76. The second-order valence-electron chi connectivity index (χ2n) is 6.39. The van der Waals surface area contributed by atoms with Crippen LogP contribution in [0.4, 0.5) is 13.2 Å². The van der Waals surface area contributed by atoms with Crippen molar-refractivity contribution in [3.05, 3.63) is 28.2 Å². The lowest BCUT2D eigenvalue weighted by Crippen LogP contribution is -2.26. The van der Waals surface area contributed by atoms with Crippen LogP contribution >= 0.6 is 15.9 Å². The Morgan fingerprint density at radius 1 is 1.26 bits per heavy atom. The van der Waals surface area contributed by atoms with Gasteiger partial charge in [0.25, 0.3) is 0 Å². The summed E-state index contributed by atoms with van der Waals surface area (Å²) in [6.07, 6.45) is -0.267. The predicted molar refractivity (Wildman–Crippen MR) is 86.4 cm³/mol. The second-order valence-corrected chi connectivity index (χ2v) is 7.25. The minimum absolute atomic E-state index is 0.00737. The molecule has 130 valence electrons. The molecule has 1 fully saturated rings. The van der Waals surface area contributed by atoms with Crippen LogP contribution in [0.5, 0.6) is 5.75 Å². The Hall–Kier alpha value is -0.750. The molecule has 0 aromatic heterocycles. The van der Waals surface area contributed by atoms with E-state index in [1.807, 2.05) is 6.92 Å². The van der Waals surface area contributed by atoms with E-state index < -0.39 is 11.7 Å². The van der Waals surface area contributed by atoms with Crippen LogP contribution in [-0.2, 0) is 6.18 Å². The third kappa shape index (κ3) is 5.11. The van der Waals surface area contributed by atoms with Gasteiger partial charge in [-0.25, -0.2) is 0 Å². The summed E-state index contributed by atoms with van der Waals surface area (Å²) < 4.78 is 45.2. The van der Waals surface area contributed by atoms with Crippen LogP contribution in [0.3, 0.4) is 0 Å². The molecule has 0 amide bonds. The fraction of sp³-hybridized carbons (Fsp3) is 0.647. The van der Waals surface area contributed by atoms with Gasteiger partial charge >= 0.3 is 6.18 Å². The smallest absolute Gasteiger partial charge is 0.421 e. The molecule has 1 saturated carbocycles. The van der Waals surface area contributed by atoms with Crippen LogP contribution in [0.15, 0.2) is 22.7 Å². The van der Waals surface area contributed by atoms with Gasteiger partial charge in [-0.05, 0) is 56.1 Å². The molecular weight excluding hydrogens is 373 g/mol. The Labute approximate surface area is 143 Å². The molecule has 1 aliphatic carbocycles. The molecule has 0 bridgehead atoms. The molecule has 0 spiro atoms. The standard InChI is InChI=1S/C17H22BrF3O2/c1-11(10-22)9-12-5-7-13(8-6-12)23-15-4-2-3-14(18)16(15)17(19,20)21/h2-4,11-13,22H,5-10H2,1H3. The molecular formula is C17H22BrF3O2. The largest absolute Gasteiger partial charge is 0.490 e. The number of rotatable bonds is 5. The van der Waals surface area contributed by atoms with Gasteiger partial charge in [0.1, 0.15) is 11.3 Å². The first-order chi connectivity index (χ1) is 10.8. The first-order valence-electron chi connectivity index (χ1n) is 7.94. The summed E-state index contributed by atoms with van der Waals surface area (Å²) in [5, 5.41) is 9.11. The number of hydrogen-bond donors (Lipinski definition) is 1. The van der Waals surface area contributed by atoms with Gasteiger partial charge in [0.05, 0.1) is 6.10 Å². The van der Waals surface area contributed by atoms with E-state index in [1.54, 1.807) is 6.07 Å². The third-order valence-electron chi connectivity index (χ3n) is 4.39. The summed E-state index contributed by atoms with van der Waals surface area (Å²) in [4.78, 5) is 0. The molecule has 2 rings (SSSR count). The van der Waals surface area contributed by atoms with E-state index in [1.165, 1.54) is 12.1 Å². The van der Waals surface area contributed by atoms with Crippen LogP contribution in [0.2, 0.25) is 0 Å². The average molecular weight is 395 g/mol. The summed E-state index contributed by atoms with van der Waals surface area (Å²) >= 11 is 2.97. The lowest BCUT2D eigenvalue weighted by atomic mass is 9.82. The summed E-state index contributed by atoms with van der Waals surface area (Å²) in [5.74, 6) is 0.708. The van der Waals surface area contributed by atoms with Crippen molar-refractivity contribution in [3.8, 4) is 5.75 Å². The number of benzene rings is 1. The summed E-state index contributed by atoms with van der Waals surface area (Å²) in [6.45, 7) is 2.20. The van der Waals surface area contributed by atoms with Gasteiger partial charge in [0.15, 0.2) is 0 Å². The van der Waals surface area contributed by atoms with Crippen LogP contribution < -0.4 is 4.74 Å². The van der Waals surface area contributed by atoms with E-state index >= 15 is 0 Å². The van der Waals surface area contributed by atoms with Gasteiger partial charge in [-0.2, -0.15) is 13.2 Å². The zero-order valence-corrected chi connectivity index (χ0v) is 14.7. The van der Waals surface area contributed by atoms with Gasteiger partial charge in [0.2, 0.25) is 0 Å². The summed E-state index contributed by atoms with van der Waals surface area (Å²) in [5.41, 5.74) is -0.740. The molecule has 23 heavy (non-hydrogen) atoms. The first kappa shape index (κ1) is 18.6. The highest BCUT2D eigenvalue weighted by Crippen LogP contribution is 2.42. The minimum Gasteiger partial charge on any atom is -0.490 e. The fourth-order valence-electron chi connectivity index (χ4n) is 3.19. The number of hydrogen-bond acceptors (Lipinski definition) is 2. The van der Waals surface area contributed by atoms with E-state index in [0.29, 0.717) is 5.92 Å². The quantitative estimate of drug-likeness (QED) is 0.721. The lowest BCUT2D eigenvalue weighted by molar-refractivity contribution is -0.140. The van der Waals surface area contributed by atoms with Crippen molar-refractivity contribution in [1.29, 1.82) is 0 Å². The topological polar surface area (TPSA) is 29.5 Å². The molecule has 1 N–H and O–H groups in total. The Balaban J connectivity index is 1.98. The molecule has 1 aliphatic rings. The van der Waals surface area contributed by atoms with Crippen molar-refractivity contribution >= 4 is 15.9 Å².